The maximum Gasteiger partial charge on any atom is 0.187 e. The second-order valence-corrected chi connectivity index (χ2v) is 17.6. The van der Waals surface area contributed by atoms with Crippen molar-refractivity contribution in [3.05, 3.63) is 0 Å². The van der Waals surface area contributed by atoms with Crippen LogP contribution in [0.1, 0.15) is 27.7 Å². The molecule has 0 saturated carbocycles. The smallest absolute Gasteiger partial charge is 0.187 e. The zero-order chi connectivity index (χ0) is 14.6. The summed E-state index contributed by atoms with van der Waals surface area (Å²) in [6.45, 7) is 24.1. The normalized spacial score (nSPS) is 14.2. The van der Waals surface area contributed by atoms with Gasteiger partial charge in [-0.2, -0.15) is 0 Å². The van der Waals surface area contributed by atoms with Gasteiger partial charge in [-0.1, -0.05) is 27.7 Å². The largest absolute Gasteiger partial charge is 0.352 e. The van der Waals surface area contributed by atoms with Gasteiger partial charge in [-0.3, -0.25) is 0 Å². The summed E-state index contributed by atoms with van der Waals surface area (Å²) in [6.07, 6.45) is 0. The summed E-state index contributed by atoms with van der Waals surface area (Å²) in [7, 11) is -1.64. The molecule has 0 N–H and O–H groups in total. The Morgan fingerprint density at radius 2 is 0.889 bits per heavy atom. The van der Waals surface area contributed by atoms with Crippen LogP contribution < -0.4 is 0 Å². The highest BCUT2D eigenvalue weighted by Crippen LogP contribution is 2.23. The molecule has 110 valence electrons. The molecule has 3 nitrogen and oxygen atoms in total. The van der Waals surface area contributed by atoms with Crippen LogP contribution in [0.5, 0.6) is 0 Å². The number of nitrogens with zero attached hydrogens (tertiary/aromatic N) is 3. The average Bonchev–Trinajstić information content (AvgIpc) is 2.30. The van der Waals surface area contributed by atoms with E-state index in [1.165, 1.54) is 36.6 Å². The molecule has 6 heteroatoms. The first kappa shape index (κ1) is 18.5. The molecule has 0 fully saturated rings. The fourth-order valence-corrected chi connectivity index (χ4v) is 14.9. The second-order valence-electron chi connectivity index (χ2n) is 5.89. The maximum atomic E-state index is 2.92. The molecule has 0 atom stereocenters. The molecule has 0 aromatic heterocycles. The van der Waals surface area contributed by atoms with E-state index in [9.17, 15) is 0 Å². The molecule has 0 radical (unpaired) electrons. The number of hydrogen-bond donors (Lipinski definition) is 0. The van der Waals surface area contributed by atoms with E-state index >= 15 is 0 Å². The van der Waals surface area contributed by atoms with Crippen LogP contribution in [0.25, 0.3) is 0 Å². The van der Waals surface area contributed by atoms with Crippen LogP contribution >= 0.6 is 0 Å². The van der Waals surface area contributed by atoms with E-state index in [1.54, 1.807) is 0 Å². The molecular weight excluding hydrogens is 270 g/mol. The first-order valence-electron chi connectivity index (χ1n) is 7.43. The van der Waals surface area contributed by atoms with Crippen LogP contribution in [-0.4, -0.2) is 66.4 Å². The van der Waals surface area contributed by atoms with E-state index in [1.807, 2.05) is 0 Å². The highest BCUT2D eigenvalue weighted by molar-refractivity contribution is 6.92. The molecule has 0 saturated heterocycles. The average molecular weight is 306 g/mol. The van der Waals surface area contributed by atoms with Crippen LogP contribution in [0.3, 0.4) is 0 Å². The van der Waals surface area contributed by atoms with Gasteiger partial charge >= 0.3 is 0 Å². The molecule has 0 heterocycles. The predicted octanol–water partition coefficient (Wildman–Crippen LogP) is 1.66. The summed E-state index contributed by atoms with van der Waals surface area (Å²) in [5, 5.41) is 0. The highest BCUT2D eigenvalue weighted by Gasteiger charge is 2.43. The van der Waals surface area contributed by atoms with Crippen LogP contribution in [0.4, 0.5) is 0 Å². The summed E-state index contributed by atoms with van der Waals surface area (Å²) >= 11 is 0. The van der Waals surface area contributed by atoms with Gasteiger partial charge in [-0.25, -0.2) is 0 Å². The van der Waals surface area contributed by atoms with Crippen LogP contribution in [0.2, 0.25) is 26.2 Å². The minimum atomic E-state index is -1.42. The van der Waals surface area contributed by atoms with Gasteiger partial charge in [-0.05, 0) is 52.4 Å². The van der Waals surface area contributed by atoms with Crippen molar-refractivity contribution in [1.29, 1.82) is 0 Å². The van der Waals surface area contributed by atoms with Gasteiger partial charge in [0, 0.05) is 0 Å². The first-order chi connectivity index (χ1) is 8.19. The van der Waals surface area contributed by atoms with Crippen molar-refractivity contribution in [3.8, 4) is 0 Å². The molecule has 0 bridgehead atoms. The highest BCUT2D eigenvalue weighted by atomic mass is 28.5. The van der Waals surface area contributed by atoms with Gasteiger partial charge in [-0.15, -0.1) is 0 Å². The van der Waals surface area contributed by atoms with Crippen molar-refractivity contribution in [3.63, 3.8) is 0 Å². The van der Waals surface area contributed by atoms with Crippen molar-refractivity contribution in [2.24, 2.45) is 0 Å². The summed E-state index contributed by atoms with van der Waals surface area (Å²) in [5.74, 6) is 0. The lowest BCUT2D eigenvalue weighted by Gasteiger charge is -2.52. The quantitative estimate of drug-likeness (QED) is 0.632. The van der Waals surface area contributed by atoms with Crippen molar-refractivity contribution < 1.29 is 0 Å². The van der Waals surface area contributed by atoms with E-state index in [4.69, 9.17) is 0 Å². The van der Waals surface area contributed by atoms with Crippen molar-refractivity contribution in [1.82, 2.24) is 13.0 Å². The SMILES string of the molecule is CCN(CC)[Si](C)(C)N([SiH3])[Si](C)(C)N(CC)CC. The third-order valence-corrected chi connectivity index (χ3v) is 22.2. The van der Waals surface area contributed by atoms with Gasteiger partial charge < -0.3 is 13.0 Å². The molecule has 0 rings (SSSR count). The predicted molar refractivity (Wildman–Crippen MR) is 92.6 cm³/mol. The van der Waals surface area contributed by atoms with E-state index in [0.717, 1.165) is 0 Å². The Balaban J connectivity index is 5.16. The standard InChI is InChI=1S/C12H35N3Si3/c1-9-13(10-2)17(5,6)15(16)18(7,8)14(11-3)12-4/h9-12H2,1-8,16H3. The molecule has 0 spiro atoms. The molecule has 0 aliphatic carbocycles. The Kier molecular flexibility index (Phi) is 7.57. The summed E-state index contributed by atoms with van der Waals surface area (Å²) in [4.78, 5) is 0. The van der Waals surface area contributed by atoms with Gasteiger partial charge in [0.2, 0.25) is 0 Å². The Morgan fingerprint density at radius 3 is 1.06 bits per heavy atom. The minimum Gasteiger partial charge on any atom is -0.352 e. The monoisotopic (exact) mass is 305 g/mol. The van der Waals surface area contributed by atoms with Crippen molar-refractivity contribution >= 4 is 27.2 Å². The van der Waals surface area contributed by atoms with Gasteiger partial charge in [0.15, 0.2) is 16.8 Å². The molecule has 0 unspecified atom stereocenters. The number of rotatable bonds is 8. The van der Waals surface area contributed by atoms with Gasteiger partial charge in [0.25, 0.3) is 0 Å². The molecule has 0 amide bonds. The molecule has 0 aromatic rings. The Morgan fingerprint density at radius 1 is 0.667 bits per heavy atom. The van der Waals surface area contributed by atoms with Gasteiger partial charge in [0.1, 0.15) is 0 Å². The lowest BCUT2D eigenvalue weighted by molar-refractivity contribution is 0.415. The Hall–Kier alpha value is 0.531. The fourth-order valence-electron chi connectivity index (χ4n) is 3.09. The van der Waals surface area contributed by atoms with E-state index in [2.05, 4.69) is 66.9 Å². The second kappa shape index (κ2) is 7.35. The van der Waals surface area contributed by atoms with Crippen molar-refractivity contribution in [2.75, 3.05) is 26.2 Å². The summed E-state index contributed by atoms with van der Waals surface area (Å²) < 4.78 is 8.36. The third-order valence-electron chi connectivity index (χ3n) is 4.72. The van der Waals surface area contributed by atoms with Gasteiger partial charge in [0.05, 0.1) is 10.4 Å². The minimum absolute atomic E-state index is 1.19. The fraction of sp³-hybridized carbons (Fsp3) is 1.00. The van der Waals surface area contributed by atoms with Crippen LogP contribution in [0, 0.1) is 0 Å². The topological polar surface area (TPSA) is 9.72 Å². The zero-order valence-electron chi connectivity index (χ0n) is 14.2. The molecule has 0 aliphatic heterocycles. The summed E-state index contributed by atoms with van der Waals surface area (Å²) in [5.41, 5.74) is 0. The van der Waals surface area contributed by atoms with E-state index in [-0.39, 0.29) is 0 Å². The number of hydrogen-bond acceptors (Lipinski definition) is 3. The van der Waals surface area contributed by atoms with E-state index in [0.29, 0.717) is 0 Å². The Bertz CT molecular complexity index is 215. The molecule has 0 aromatic carbocycles. The zero-order valence-corrected chi connectivity index (χ0v) is 18.2. The molecular formula is C12H35N3Si3. The molecule has 18 heavy (non-hydrogen) atoms. The van der Waals surface area contributed by atoms with Crippen LogP contribution in [-0.2, 0) is 0 Å². The lowest BCUT2D eigenvalue weighted by atomic mass is 10.7. The van der Waals surface area contributed by atoms with E-state index < -0.39 is 16.8 Å². The van der Waals surface area contributed by atoms with Crippen LogP contribution in [0.15, 0.2) is 0 Å². The lowest BCUT2D eigenvalue weighted by Crippen LogP contribution is -2.73. The molecule has 0 aliphatic rings. The first-order valence-corrected chi connectivity index (χ1v) is 14.1. The maximum absolute atomic E-state index is 2.92. The third kappa shape index (κ3) is 3.77. The summed E-state index contributed by atoms with van der Waals surface area (Å²) in [6, 6.07) is 0. The Labute approximate surface area is 120 Å². The van der Waals surface area contributed by atoms with Crippen molar-refractivity contribution in [2.45, 2.75) is 53.9 Å².